The molecular formula is C17H26O. The second-order valence-corrected chi connectivity index (χ2v) is 7.41. The molecule has 3 rings (SSSR count). The van der Waals surface area contributed by atoms with Crippen molar-refractivity contribution in [3.05, 3.63) is 11.1 Å². The molecule has 0 N–H and O–H groups in total. The van der Waals surface area contributed by atoms with Crippen LogP contribution in [-0.2, 0) is 4.79 Å². The zero-order valence-electron chi connectivity index (χ0n) is 12.1. The summed E-state index contributed by atoms with van der Waals surface area (Å²) in [6.45, 7) is 7.15. The fourth-order valence-electron chi connectivity index (χ4n) is 5.19. The third kappa shape index (κ3) is 1.55. The second kappa shape index (κ2) is 3.95. The lowest BCUT2D eigenvalue weighted by molar-refractivity contribution is -0.128. The Labute approximate surface area is 111 Å². The Hall–Kier alpha value is -0.590. The molecular weight excluding hydrogens is 220 g/mol. The average Bonchev–Trinajstić information content (AvgIpc) is 2.66. The second-order valence-electron chi connectivity index (χ2n) is 7.41. The lowest BCUT2D eigenvalue weighted by atomic mass is 9.55. The van der Waals surface area contributed by atoms with Gasteiger partial charge in [-0.25, -0.2) is 0 Å². The SMILES string of the molecule is C[C@@H]1C2=C(CCCC2(C)C)CC[C@@]12CCCC2=O. The molecule has 3 aliphatic rings. The van der Waals surface area contributed by atoms with E-state index in [0.29, 0.717) is 17.1 Å². The fourth-order valence-corrected chi connectivity index (χ4v) is 5.19. The molecule has 18 heavy (non-hydrogen) atoms. The van der Waals surface area contributed by atoms with Gasteiger partial charge < -0.3 is 0 Å². The minimum absolute atomic E-state index is 0.0352. The molecule has 0 unspecified atom stereocenters. The van der Waals surface area contributed by atoms with Crippen LogP contribution in [0.1, 0.15) is 72.1 Å². The smallest absolute Gasteiger partial charge is 0.139 e. The van der Waals surface area contributed by atoms with Crippen molar-refractivity contribution in [1.82, 2.24) is 0 Å². The van der Waals surface area contributed by atoms with E-state index in [2.05, 4.69) is 20.8 Å². The molecule has 1 fully saturated rings. The normalized spacial score (nSPS) is 39.3. The molecule has 0 amide bonds. The summed E-state index contributed by atoms with van der Waals surface area (Å²) in [4.78, 5) is 12.4. The number of carbonyl (C=O) groups is 1. The molecule has 0 radical (unpaired) electrons. The molecule has 1 spiro atoms. The summed E-state index contributed by atoms with van der Waals surface area (Å²) in [5, 5.41) is 0. The highest BCUT2D eigenvalue weighted by atomic mass is 16.1. The van der Waals surface area contributed by atoms with E-state index in [1.165, 1.54) is 25.7 Å². The number of hydrogen-bond donors (Lipinski definition) is 0. The molecule has 0 aromatic rings. The average molecular weight is 246 g/mol. The molecule has 0 aromatic carbocycles. The van der Waals surface area contributed by atoms with E-state index < -0.39 is 0 Å². The molecule has 1 heteroatoms. The van der Waals surface area contributed by atoms with Gasteiger partial charge in [0.05, 0.1) is 0 Å². The molecule has 0 heterocycles. The van der Waals surface area contributed by atoms with Crippen molar-refractivity contribution in [2.24, 2.45) is 16.7 Å². The Morgan fingerprint density at radius 1 is 1.00 bits per heavy atom. The fraction of sp³-hybridized carbons (Fsp3) is 0.824. The minimum Gasteiger partial charge on any atom is -0.299 e. The first kappa shape index (κ1) is 12.4. The highest BCUT2D eigenvalue weighted by Crippen LogP contribution is 2.58. The quantitative estimate of drug-likeness (QED) is 0.568. The van der Waals surface area contributed by atoms with Crippen LogP contribution in [0.3, 0.4) is 0 Å². The van der Waals surface area contributed by atoms with Gasteiger partial charge in [-0.2, -0.15) is 0 Å². The predicted octanol–water partition coefficient (Wildman–Crippen LogP) is 4.66. The maximum atomic E-state index is 12.4. The number of rotatable bonds is 0. The van der Waals surface area contributed by atoms with Crippen LogP contribution < -0.4 is 0 Å². The first-order chi connectivity index (χ1) is 8.47. The molecule has 0 aromatic heterocycles. The van der Waals surface area contributed by atoms with Crippen LogP contribution >= 0.6 is 0 Å². The van der Waals surface area contributed by atoms with Crippen LogP contribution in [0.25, 0.3) is 0 Å². The van der Waals surface area contributed by atoms with Gasteiger partial charge in [0, 0.05) is 11.8 Å². The van der Waals surface area contributed by atoms with Gasteiger partial charge in [-0.05, 0) is 56.3 Å². The van der Waals surface area contributed by atoms with Crippen molar-refractivity contribution in [2.75, 3.05) is 0 Å². The van der Waals surface area contributed by atoms with E-state index in [-0.39, 0.29) is 5.41 Å². The first-order valence-corrected chi connectivity index (χ1v) is 7.73. The molecule has 0 saturated heterocycles. The highest BCUT2D eigenvalue weighted by molar-refractivity contribution is 5.87. The van der Waals surface area contributed by atoms with E-state index >= 15 is 0 Å². The minimum atomic E-state index is 0.0352. The van der Waals surface area contributed by atoms with Crippen LogP contribution in [0.15, 0.2) is 11.1 Å². The van der Waals surface area contributed by atoms with Crippen molar-refractivity contribution < 1.29 is 4.79 Å². The molecule has 2 atom stereocenters. The van der Waals surface area contributed by atoms with Crippen LogP contribution in [0.4, 0.5) is 0 Å². The Kier molecular flexibility index (Phi) is 2.73. The standard InChI is InChI=1S/C17H26O/c1-12-15-13(6-4-9-16(15,2)3)8-11-17(12)10-5-7-14(17)18/h12H,4-11H2,1-3H3/t12-,17+/m1/s1. The number of allylic oxidation sites excluding steroid dienone is 2. The maximum Gasteiger partial charge on any atom is 0.139 e. The Morgan fingerprint density at radius 2 is 1.72 bits per heavy atom. The summed E-state index contributed by atoms with van der Waals surface area (Å²) in [6, 6.07) is 0. The highest BCUT2D eigenvalue weighted by Gasteiger charge is 2.52. The molecule has 1 nitrogen and oxygen atoms in total. The van der Waals surface area contributed by atoms with E-state index in [0.717, 1.165) is 25.7 Å². The van der Waals surface area contributed by atoms with Crippen LogP contribution in [0, 0.1) is 16.7 Å². The Balaban J connectivity index is 2.04. The van der Waals surface area contributed by atoms with E-state index in [9.17, 15) is 4.79 Å². The van der Waals surface area contributed by atoms with Crippen molar-refractivity contribution in [2.45, 2.75) is 72.1 Å². The van der Waals surface area contributed by atoms with Gasteiger partial charge in [0.15, 0.2) is 0 Å². The lowest BCUT2D eigenvalue weighted by Gasteiger charge is -2.49. The van der Waals surface area contributed by atoms with Gasteiger partial charge in [0.2, 0.25) is 0 Å². The predicted molar refractivity (Wildman–Crippen MR) is 74.3 cm³/mol. The van der Waals surface area contributed by atoms with Gasteiger partial charge in [0.25, 0.3) is 0 Å². The number of carbonyl (C=O) groups excluding carboxylic acids is 1. The molecule has 1 saturated carbocycles. The summed E-state index contributed by atoms with van der Waals surface area (Å²) in [5.74, 6) is 1.08. The van der Waals surface area contributed by atoms with Gasteiger partial charge in [-0.15, -0.1) is 0 Å². The monoisotopic (exact) mass is 246 g/mol. The summed E-state index contributed by atoms with van der Waals surface area (Å²) in [7, 11) is 0. The van der Waals surface area contributed by atoms with E-state index in [1.807, 2.05) is 0 Å². The summed E-state index contributed by atoms with van der Waals surface area (Å²) in [6.07, 6.45) is 9.42. The Bertz CT molecular complexity index is 415. The lowest BCUT2D eigenvalue weighted by Crippen LogP contribution is -2.42. The van der Waals surface area contributed by atoms with Gasteiger partial charge in [-0.3, -0.25) is 4.79 Å². The van der Waals surface area contributed by atoms with Gasteiger partial charge in [0.1, 0.15) is 5.78 Å². The number of Topliss-reactive ketones (excluding diaryl/α,β-unsaturated/α-hetero) is 1. The van der Waals surface area contributed by atoms with Crippen LogP contribution in [0.5, 0.6) is 0 Å². The molecule has 0 aliphatic heterocycles. The zero-order valence-corrected chi connectivity index (χ0v) is 12.1. The summed E-state index contributed by atoms with van der Waals surface area (Å²) in [5.41, 5.74) is 3.76. The molecule has 100 valence electrons. The van der Waals surface area contributed by atoms with Gasteiger partial charge >= 0.3 is 0 Å². The third-order valence-corrected chi connectivity index (χ3v) is 6.11. The van der Waals surface area contributed by atoms with E-state index in [1.54, 1.807) is 11.1 Å². The van der Waals surface area contributed by atoms with Gasteiger partial charge in [-0.1, -0.05) is 31.9 Å². The maximum absolute atomic E-state index is 12.4. The molecule has 3 aliphatic carbocycles. The zero-order chi connectivity index (χ0) is 13.0. The first-order valence-electron chi connectivity index (χ1n) is 7.73. The largest absolute Gasteiger partial charge is 0.299 e. The van der Waals surface area contributed by atoms with Crippen molar-refractivity contribution in [1.29, 1.82) is 0 Å². The third-order valence-electron chi connectivity index (χ3n) is 6.11. The summed E-state index contributed by atoms with van der Waals surface area (Å²) < 4.78 is 0. The van der Waals surface area contributed by atoms with Crippen LogP contribution in [0.2, 0.25) is 0 Å². The van der Waals surface area contributed by atoms with E-state index in [4.69, 9.17) is 0 Å². The van der Waals surface area contributed by atoms with Crippen molar-refractivity contribution in [3.63, 3.8) is 0 Å². The number of ketones is 1. The van der Waals surface area contributed by atoms with Crippen LogP contribution in [-0.4, -0.2) is 5.78 Å². The van der Waals surface area contributed by atoms with Crippen molar-refractivity contribution >= 4 is 5.78 Å². The molecule has 0 bridgehead atoms. The Morgan fingerprint density at radius 3 is 2.39 bits per heavy atom. The summed E-state index contributed by atoms with van der Waals surface area (Å²) >= 11 is 0. The number of hydrogen-bond acceptors (Lipinski definition) is 1. The topological polar surface area (TPSA) is 17.1 Å². The van der Waals surface area contributed by atoms with Crippen molar-refractivity contribution in [3.8, 4) is 0 Å².